The molecule has 1 aromatic carbocycles. The highest BCUT2D eigenvalue weighted by molar-refractivity contribution is 5.90. The van der Waals surface area contributed by atoms with Crippen molar-refractivity contribution < 1.29 is 0 Å². The Kier molecular flexibility index (Phi) is 1.47. The van der Waals surface area contributed by atoms with Gasteiger partial charge in [0, 0.05) is 27.7 Å². The summed E-state index contributed by atoms with van der Waals surface area (Å²) in [4.78, 5) is 5.78. The molecule has 58 valence electrons. The van der Waals surface area contributed by atoms with Crippen LogP contribution in [0.3, 0.4) is 0 Å². The lowest BCUT2D eigenvalue weighted by Gasteiger charge is -1.92. The van der Waals surface area contributed by atoms with Crippen molar-refractivity contribution in [2.45, 2.75) is 0 Å². The van der Waals surface area contributed by atoms with Gasteiger partial charge in [0.1, 0.15) is 0 Å². The van der Waals surface area contributed by atoms with E-state index in [0.717, 1.165) is 10.9 Å². The molecule has 2 rings (SSSR count). The number of benzene rings is 1. The number of aromatic nitrogens is 1. The Labute approximate surface area is 68.5 Å². The van der Waals surface area contributed by atoms with Crippen molar-refractivity contribution in [3.63, 3.8) is 0 Å². The van der Waals surface area contributed by atoms with Crippen LogP contribution >= 0.6 is 0 Å². The number of fused-ring (bicyclic) bond motifs is 1. The second-order valence-electron chi connectivity index (χ2n) is 2.41. The van der Waals surface area contributed by atoms with Crippen molar-refractivity contribution >= 4 is 16.6 Å². The largest absolute Gasteiger partial charge is 0.361 e. The summed E-state index contributed by atoms with van der Waals surface area (Å²) in [7, 11) is 0. The molecule has 0 bridgehead atoms. The van der Waals surface area contributed by atoms with E-state index in [1.165, 1.54) is 0 Å². The molecule has 12 heavy (non-hydrogen) atoms. The smallest absolute Gasteiger partial charge is 0.0469 e. The van der Waals surface area contributed by atoms with Crippen molar-refractivity contribution in [3.05, 3.63) is 40.9 Å². The quantitative estimate of drug-likeness (QED) is 0.376. The van der Waals surface area contributed by atoms with Crippen molar-refractivity contribution in [2.24, 2.45) is 5.11 Å². The number of nitrogens with zero attached hydrogens (tertiary/aromatic N) is 3. The molecule has 4 nitrogen and oxygen atoms in total. The van der Waals surface area contributed by atoms with E-state index in [-0.39, 0.29) is 0 Å². The highest BCUT2D eigenvalue weighted by Crippen LogP contribution is 2.24. The van der Waals surface area contributed by atoms with Crippen LogP contribution in [0.2, 0.25) is 0 Å². The number of hydrogen-bond acceptors (Lipinski definition) is 1. The van der Waals surface area contributed by atoms with Crippen LogP contribution in [0.25, 0.3) is 21.3 Å². The normalized spacial score (nSPS) is 9.67. The molecule has 2 aromatic rings. The summed E-state index contributed by atoms with van der Waals surface area (Å²) in [6.45, 7) is 0. The summed E-state index contributed by atoms with van der Waals surface area (Å²) in [6, 6.07) is 7.46. The van der Waals surface area contributed by atoms with Gasteiger partial charge in [-0.05, 0) is 17.7 Å². The molecule has 0 fully saturated rings. The summed E-state index contributed by atoms with van der Waals surface area (Å²) < 4.78 is 0. The van der Waals surface area contributed by atoms with Gasteiger partial charge in [0.15, 0.2) is 0 Å². The van der Waals surface area contributed by atoms with Crippen LogP contribution < -0.4 is 0 Å². The number of azide groups is 1. The molecule has 1 aromatic heterocycles. The summed E-state index contributed by atoms with van der Waals surface area (Å²) in [5, 5.41) is 4.52. The van der Waals surface area contributed by atoms with Crippen molar-refractivity contribution in [3.8, 4) is 0 Å². The molecule has 1 N–H and O–H groups in total. The topological polar surface area (TPSA) is 64.6 Å². The van der Waals surface area contributed by atoms with E-state index >= 15 is 0 Å². The van der Waals surface area contributed by atoms with Gasteiger partial charge in [-0.25, -0.2) is 0 Å². The molecule has 0 atom stereocenters. The maximum atomic E-state index is 8.26. The monoisotopic (exact) mass is 158 g/mol. The van der Waals surface area contributed by atoms with Crippen LogP contribution in [0.5, 0.6) is 0 Å². The number of nitrogens with one attached hydrogen (secondary N) is 1. The number of H-pyrrole nitrogens is 1. The highest BCUT2D eigenvalue weighted by atomic mass is 15.1. The molecule has 0 amide bonds. The van der Waals surface area contributed by atoms with Gasteiger partial charge < -0.3 is 4.98 Å². The van der Waals surface area contributed by atoms with Gasteiger partial charge in [-0.2, -0.15) is 0 Å². The Morgan fingerprint density at radius 3 is 3.08 bits per heavy atom. The second-order valence-corrected chi connectivity index (χ2v) is 2.41. The molecule has 0 aliphatic rings. The number of hydrogen-bond donors (Lipinski definition) is 1. The van der Waals surface area contributed by atoms with Crippen LogP contribution in [0.4, 0.5) is 5.69 Å². The molecule has 0 spiro atoms. The minimum atomic E-state index is 0.663. The van der Waals surface area contributed by atoms with Gasteiger partial charge in [0.2, 0.25) is 0 Å². The number of rotatable bonds is 1. The van der Waals surface area contributed by atoms with Crippen LogP contribution in [0.15, 0.2) is 35.6 Å². The van der Waals surface area contributed by atoms with Gasteiger partial charge in [-0.1, -0.05) is 17.2 Å². The van der Waals surface area contributed by atoms with E-state index in [2.05, 4.69) is 15.0 Å². The number of aromatic amines is 1. The molecule has 0 radical (unpaired) electrons. The van der Waals surface area contributed by atoms with E-state index in [9.17, 15) is 0 Å². The SMILES string of the molecule is [N-]=[N+]=Nc1cccc2[nH]ccc12. The van der Waals surface area contributed by atoms with Crippen molar-refractivity contribution in [2.75, 3.05) is 0 Å². The molecular formula is C8H6N4. The zero-order chi connectivity index (χ0) is 8.39. The fourth-order valence-corrected chi connectivity index (χ4v) is 1.20. The maximum Gasteiger partial charge on any atom is 0.0469 e. The minimum absolute atomic E-state index is 0.663. The van der Waals surface area contributed by atoms with Gasteiger partial charge in [-0.15, -0.1) is 0 Å². The zero-order valence-electron chi connectivity index (χ0n) is 6.23. The summed E-state index contributed by atoms with van der Waals surface area (Å²) in [5.74, 6) is 0. The average molecular weight is 158 g/mol. The lowest BCUT2D eigenvalue weighted by atomic mass is 10.2. The molecule has 0 aliphatic heterocycles. The highest BCUT2D eigenvalue weighted by Gasteiger charge is 1.97. The van der Waals surface area contributed by atoms with Crippen LogP contribution in [-0.2, 0) is 0 Å². The molecule has 1 heterocycles. The first-order valence-electron chi connectivity index (χ1n) is 3.53. The Bertz CT molecular complexity index is 451. The summed E-state index contributed by atoms with van der Waals surface area (Å²) in [5.41, 5.74) is 9.91. The first-order valence-corrected chi connectivity index (χ1v) is 3.53. The van der Waals surface area contributed by atoms with Crippen LogP contribution in [0, 0.1) is 0 Å². The fraction of sp³-hybridized carbons (Fsp3) is 0. The second kappa shape index (κ2) is 2.60. The Balaban J connectivity index is 2.81. The molecule has 0 saturated carbocycles. The van der Waals surface area contributed by atoms with Gasteiger partial charge >= 0.3 is 0 Å². The van der Waals surface area contributed by atoms with Gasteiger partial charge in [0.25, 0.3) is 0 Å². The first kappa shape index (κ1) is 6.76. The molecule has 0 saturated heterocycles. The first-order chi connectivity index (χ1) is 5.92. The van der Waals surface area contributed by atoms with Crippen molar-refractivity contribution in [1.29, 1.82) is 0 Å². The van der Waals surface area contributed by atoms with Gasteiger partial charge in [0.05, 0.1) is 0 Å². The Morgan fingerprint density at radius 1 is 1.33 bits per heavy atom. The van der Waals surface area contributed by atoms with E-state index in [4.69, 9.17) is 5.53 Å². The van der Waals surface area contributed by atoms with Gasteiger partial charge in [-0.3, -0.25) is 0 Å². The predicted molar refractivity (Wildman–Crippen MR) is 47.1 cm³/mol. The summed E-state index contributed by atoms with van der Waals surface area (Å²) >= 11 is 0. The van der Waals surface area contributed by atoms with E-state index in [1.807, 2.05) is 24.4 Å². The zero-order valence-corrected chi connectivity index (χ0v) is 6.23. The lowest BCUT2D eigenvalue weighted by Crippen LogP contribution is -1.66. The minimum Gasteiger partial charge on any atom is -0.361 e. The van der Waals surface area contributed by atoms with Crippen LogP contribution in [-0.4, -0.2) is 4.98 Å². The molecule has 4 heteroatoms. The predicted octanol–water partition coefficient (Wildman–Crippen LogP) is 3.11. The standard InChI is InChI=1S/C8H6N4/c9-12-11-8-3-1-2-7-6(8)4-5-10-7/h1-5,10H. The Morgan fingerprint density at radius 2 is 2.25 bits per heavy atom. The molecule has 0 aliphatic carbocycles. The third-order valence-electron chi connectivity index (χ3n) is 1.72. The van der Waals surface area contributed by atoms with E-state index in [1.54, 1.807) is 6.07 Å². The van der Waals surface area contributed by atoms with Crippen LogP contribution in [0.1, 0.15) is 0 Å². The third-order valence-corrected chi connectivity index (χ3v) is 1.72. The van der Waals surface area contributed by atoms with E-state index in [0.29, 0.717) is 5.69 Å². The average Bonchev–Trinajstić information content (AvgIpc) is 2.53. The maximum absolute atomic E-state index is 8.26. The lowest BCUT2D eigenvalue weighted by molar-refractivity contribution is 1.47. The fourth-order valence-electron chi connectivity index (χ4n) is 1.20. The van der Waals surface area contributed by atoms with Crippen molar-refractivity contribution in [1.82, 2.24) is 4.98 Å². The molecular weight excluding hydrogens is 152 g/mol. The Hall–Kier alpha value is -1.93. The summed E-state index contributed by atoms with van der Waals surface area (Å²) in [6.07, 6.45) is 1.82. The third kappa shape index (κ3) is 0.909. The molecule has 0 unspecified atom stereocenters. The van der Waals surface area contributed by atoms with E-state index < -0.39 is 0 Å².